The fourth-order valence-electron chi connectivity index (χ4n) is 1.93. The number of benzene rings is 2. The summed E-state index contributed by atoms with van der Waals surface area (Å²) < 4.78 is 39.1. The smallest absolute Gasteiger partial charge is 0.220 e. The fourth-order valence-corrected chi connectivity index (χ4v) is 1.93. The number of nitrogens with zero attached hydrogens (tertiary/aromatic N) is 3. The first-order valence-corrected chi connectivity index (χ1v) is 6.19. The number of alkyl halides is 3. The van der Waals surface area contributed by atoms with Crippen molar-refractivity contribution in [1.29, 1.82) is 0 Å². The normalized spacial score (nSPS) is 11.6. The van der Waals surface area contributed by atoms with Gasteiger partial charge in [0, 0.05) is 5.56 Å². The van der Waals surface area contributed by atoms with E-state index in [1.54, 1.807) is 10.9 Å². The molecule has 0 aliphatic heterocycles. The van der Waals surface area contributed by atoms with Gasteiger partial charge in [-0.3, -0.25) is 0 Å². The van der Waals surface area contributed by atoms with Crippen molar-refractivity contribution in [2.75, 3.05) is 0 Å². The molecule has 1 aromatic heterocycles. The van der Waals surface area contributed by atoms with Crippen LogP contribution in [0.2, 0.25) is 0 Å². The third kappa shape index (κ3) is 2.79. The maximum atomic E-state index is 12.5. The Morgan fingerprint density at radius 1 is 0.857 bits per heavy atom. The van der Waals surface area contributed by atoms with E-state index in [2.05, 4.69) is 10.3 Å². The van der Waals surface area contributed by atoms with Crippen molar-refractivity contribution >= 4 is 0 Å². The predicted molar refractivity (Wildman–Crippen MR) is 71.8 cm³/mol. The maximum Gasteiger partial charge on any atom is 0.416 e. The molecule has 3 rings (SSSR count). The van der Waals surface area contributed by atoms with Crippen LogP contribution in [0.15, 0.2) is 60.8 Å². The van der Waals surface area contributed by atoms with Crippen molar-refractivity contribution in [2.45, 2.75) is 6.18 Å². The molecule has 0 N–H and O–H groups in total. The summed E-state index contributed by atoms with van der Waals surface area (Å²) >= 11 is 0. The van der Waals surface area contributed by atoms with E-state index in [0.717, 1.165) is 17.8 Å². The number of halogens is 3. The number of rotatable bonds is 2. The van der Waals surface area contributed by atoms with Crippen molar-refractivity contribution in [3.63, 3.8) is 0 Å². The monoisotopic (exact) mass is 289 g/mol. The van der Waals surface area contributed by atoms with E-state index in [-0.39, 0.29) is 0 Å². The molecule has 0 atom stereocenters. The van der Waals surface area contributed by atoms with Gasteiger partial charge in [0.1, 0.15) is 5.69 Å². The molecule has 0 aliphatic rings. The Hall–Kier alpha value is -2.63. The van der Waals surface area contributed by atoms with Crippen molar-refractivity contribution in [3.05, 3.63) is 66.4 Å². The Bertz CT molecular complexity index is 731. The van der Waals surface area contributed by atoms with Gasteiger partial charge >= 0.3 is 6.18 Å². The minimum Gasteiger partial charge on any atom is -0.220 e. The van der Waals surface area contributed by atoms with E-state index in [1.807, 2.05) is 30.3 Å². The number of hydrogen-bond acceptors (Lipinski definition) is 2. The van der Waals surface area contributed by atoms with E-state index in [1.165, 1.54) is 12.1 Å². The Balaban J connectivity index is 1.90. The first-order valence-electron chi connectivity index (χ1n) is 6.19. The van der Waals surface area contributed by atoms with E-state index in [4.69, 9.17) is 0 Å². The molecule has 3 nitrogen and oxygen atoms in total. The van der Waals surface area contributed by atoms with Crippen LogP contribution in [0.3, 0.4) is 0 Å². The van der Waals surface area contributed by atoms with Crippen LogP contribution in [-0.4, -0.2) is 15.0 Å². The van der Waals surface area contributed by atoms with Crippen molar-refractivity contribution < 1.29 is 13.2 Å². The molecule has 3 aromatic rings. The lowest BCUT2D eigenvalue weighted by Crippen LogP contribution is -2.03. The predicted octanol–water partition coefficient (Wildman–Crippen LogP) is 3.95. The second-order valence-corrected chi connectivity index (χ2v) is 4.46. The highest BCUT2D eigenvalue weighted by molar-refractivity contribution is 5.58. The summed E-state index contributed by atoms with van der Waals surface area (Å²) in [4.78, 5) is 0. The van der Waals surface area contributed by atoms with Crippen LogP contribution < -0.4 is 0 Å². The fraction of sp³-hybridized carbons (Fsp3) is 0.0667. The van der Waals surface area contributed by atoms with Gasteiger partial charge in [0.05, 0.1) is 17.4 Å². The van der Waals surface area contributed by atoms with Crippen LogP contribution in [-0.2, 0) is 6.18 Å². The summed E-state index contributed by atoms with van der Waals surface area (Å²) in [6.07, 6.45) is -2.65. The van der Waals surface area contributed by atoms with Crippen LogP contribution in [0.5, 0.6) is 0 Å². The molecule has 0 amide bonds. The average Bonchev–Trinajstić information content (AvgIpc) is 2.97. The highest BCUT2D eigenvalue weighted by Gasteiger charge is 2.30. The molecule has 6 heteroatoms. The second-order valence-electron chi connectivity index (χ2n) is 4.46. The SMILES string of the molecule is FC(F)(F)c1ccc(-c2cn(-c3ccccc3)nn2)cc1. The van der Waals surface area contributed by atoms with E-state index in [0.29, 0.717) is 11.3 Å². The standard InChI is InChI=1S/C15H10F3N3/c16-15(17,18)12-8-6-11(7-9-12)14-10-21(20-19-14)13-4-2-1-3-5-13/h1-10H. The van der Waals surface area contributed by atoms with Crippen molar-refractivity contribution in [3.8, 4) is 16.9 Å². The molecule has 0 aliphatic carbocycles. The lowest BCUT2D eigenvalue weighted by molar-refractivity contribution is -0.137. The van der Waals surface area contributed by atoms with E-state index in [9.17, 15) is 13.2 Å². The van der Waals surface area contributed by atoms with Crippen molar-refractivity contribution in [1.82, 2.24) is 15.0 Å². The van der Waals surface area contributed by atoms with Gasteiger partial charge in [-0.1, -0.05) is 35.5 Å². The van der Waals surface area contributed by atoms with Gasteiger partial charge in [0.15, 0.2) is 0 Å². The first-order chi connectivity index (χ1) is 10.0. The molecule has 0 fully saturated rings. The van der Waals surface area contributed by atoms with E-state index < -0.39 is 11.7 Å². The second kappa shape index (κ2) is 5.05. The van der Waals surface area contributed by atoms with Gasteiger partial charge in [0.2, 0.25) is 0 Å². The Morgan fingerprint density at radius 3 is 2.14 bits per heavy atom. The van der Waals surface area contributed by atoms with Gasteiger partial charge in [-0.25, -0.2) is 4.68 Å². The van der Waals surface area contributed by atoms with Gasteiger partial charge < -0.3 is 0 Å². The molecule has 1 heterocycles. The van der Waals surface area contributed by atoms with Gasteiger partial charge in [-0.2, -0.15) is 13.2 Å². The third-order valence-corrected chi connectivity index (χ3v) is 3.02. The molecule has 0 saturated carbocycles. The van der Waals surface area contributed by atoms with Crippen LogP contribution in [0.25, 0.3) is 16.9 Å². The lowest BCUT2D eigenvalue weighted by Gasteiger charge is -2.06. The number of aromatic nitrogens is 3. The third-order valence-electron chi connectivity index (χ3n) is 3.02. The summed E-state index contributed by atoms with van der Waals surface area (Å²) in [7, 11) is 0. The summed E-state index contributed by atoms with van der Waals surface area (Å²) in [5.41, 5.74) is 1.27. The zero-order valence-corrected chi connectivity index (χ0v) is 10.7. The minimum atomic E-state index is -4.33. The van der Waals surface area contributed by atoms with Gasteiger partial charge in [-0.15, -0.1) is 5.10 Å². The Kier molecular flexibility index (Phi) is 3.21. The Morgan fingerprint density at radius 2 is 1.52 bits per heavy atom. The van der Waals surface area contributed by atoms with Crippen LogP contribution in [0.4, 0.5) is 13.2 Å². The minimum absolute atomic E-state index is 0.521. The first kappa shape index (κ1) is 13.4. The molecule has 0 radical (unpaired) electrons. The highest BCUT2D eigenvalue weighted by Crippen LogP contribution is 2.30. The molecule has 0 saturated heterocycles. The van der Waals surface area contributed by atoms with Crippen LogP contribution in [0.1, 0.15) is 5.56 Å². The average molecular weight is 289 g/mol. The van der Waals surface area contributed by atoms with Crippen LogP contribution >= 0.6 is 0 Å². The summed E-state index contributed by atoms with van der Waals surface area (Å²) in [6.45, 7) is 0. The molecule has 106 valence electrons. The zero-order valence-electron chi connectivity index (χ0n) is 10.7. The molecule has 0 unspecified atom stereocenters. The van der Waals surface area contributed by atoms with Gasteiger partial charge in [0.25, 0.3) is 0 Å². The molecule has 0 spiro atoms. The number of para-hydroxylation sites is 1. The Labute approximate surface area is 118 Å². The molecule has 21 heavy (non-hydrogen) atoms. The van der Waals surface area contributed by atoms with Gasteiger partial charge in [-0.05, 0) is 24.3 Å². The maximum absolute atomic E-state index is 12.5. The largest absolute Gasteiger partial charge is 0.416 e. The lowest BCUT2D eigenvalue weighted by atomic mass is 10.1. The summed E-state index contributed by atoms with van der Waals surface area (Å²) in [6, 6.07) is 14.2. The zero-order chi connectivity index (χ0) is 14.9. The summed E-state index contributed by atoms with van der Waals surface area (Å²) in [5.74, 6) is 0. The molecule has 2 aromatic carbocycles. The van der Waals surface area contributed by atoms with Crippen LogP contribution in [0, 0.1) is 0 Å². The molecular formula is C15H10F3N3. The molecular weight excluding hydrogens is 279 g/mol. The number of hydrogen-bond donors (Lipinski definition) is 0. The van der Waals surface area contributed by atoms with Crippen molar-refractivity contribution in [2.24, 2.45) is 0 Å². The molecule has 0 bridgehead atoms. The topological polar surface area (TPSA) is 30.7 Å². The summed E-state index contributed by atoms with van der Waals surface area (Å²) in [5, 5.41) is 7.96. The highest BCUT2D eigenvalue weighted by atomic mass is 19.4. The van der Waals surface area contributed by atoms with E-state index >= 15 is 0 Å². The quantitative estimate of drug-likeness (QED) is 0.715.